The molecule has 2 unspecified atom stereocenters. The number of hydrogen-bond donors (Lipinski definition) is 1. The molecule has 1 heterocycles. The molecule has 1 saturated heterocycles. The Labute approximate surface area is 122 Å². The Bertz CT molecular complexity index is 365. The minimum atomic E-state index is -1.78. The fraction of sp³-hybridized carbons (Fsp3) is 0.857. The molecule has 0 saturated carbocycles. The molecule has 0 aromatic rings. The van der Waals surface area contributed by atoms with Gasteiger partial charge in [0, 0.05) is 13.2 Å². The van der Waals surface area contributed by atoms with E-state index in [1.165, 1.54) is 4.90 Å². The highest BCUT2D eigenvalue weighted by Crippen LogP contribution is 2.37. The number of carboxylic acid groups (broad SMARTS) is 1. The lowest BCUT2D eigenvalue weighted by molar-refractivity contribution is -0.113. The van der Waals surface area contributed by atoms with E-state index in [1.807, 2.05) is 0 Å². The summed E-state index contributed by atoms with van der Waals surface area (Å²) in [7, 11) is -1.78. The van der Waals surface area contributed by atoms with E-state index in [0.29, 0.717) is 19.6 Å². The predicted molar refractivity (Wildman–Crippen MR) is 80.5 cm³/mol. The van der Waals surface area contributed by atoms with Gasteiger partial charge in [-0.25, -0.2) is 4.79 Å². The van der Waals surface area contributed by atoms with E-state index < -0.39 is 20.5 Å². The molecular formula is C14H27NO4Si. The third-order valence-corrected chi connectivity index (χ3v) is 9.14. The van der Waals surface area contributed by atoms with E-state index in [4.69, 9.17) is 9.53 Å². The molecule has 0 spiro atoms. The SMILES string of the molecule is CC(C)(C)[Si](C)(C)OCC1CCN(C(=O)O)C(C=O)C1. The molecule has 1 aliphatic heterocycles. The van der Waals surface area contributed by atoms with Crippen LogP contribution in [0.25, 0.3) is 0 Å². The van der Waals surface area contributed by atoms with Gasteiger partial charge in [0.05, 0.1) is 6.04 Å². The Morgan fingerprint density at radius 2 is 2.05 bits per heavy atom. The van der Waals surface area contributed by atoms with Crippen LogP contribution in [0.3, 0.4) is 0 Å². The number of hydrogen-bond acceptors (Lipinski definition) is 3. The van der Waals surface area contributed by atoms with Crippen molar-refractivity contribution in [1.29, 1.82) is 0 Å². The molecular weight excluding hydrogens is 274 g/mol. The lowest BCUT2D eigenvalue weighted by Crippen LogP contribution is -2.48. The maximum atomic E-state index is 11.0. The van der Waals surface area contributed by atoms with Gasteiger partial charge in [0.1, 0.15) is 6.29 Å². The van der Waals surface area contributed by atoms with Gasteiger partial charge in [-0.1, -0.05) is 20.8 Å². The predicted octanol–water partition coefficient (Wildman–Crippen LogP) is 2.97. The van der Waals surface area contributed by atoms with E-state index in [9.17, 15) is 9.59 Å². The molecule has 1 fully saturated rings. The van der Waals surface area contributed by atoms with Crippen molar-refractivity contribution in [3.05, 3.63) is 0 Å². The van der Waals surface area contributed by atoms with E-state index in [1.54, 1.807) is 0 Å². The molecule has 1 N–H and O–H groups in total. The summed E-state index contributed by atoms with van der Waals surface area (Å²) < 4.78 is 6.18. The zero-order valence-corrected chi connectivity index (χ0v) is 14.2. The summed E-state index contributed by atoms with van der Waals surface area (Å²) in [6.07, 6.45) is 1.08. The van der Waals surface area contributed by atoms with Crippen LogP contribution >= 0.6 is 0 Å². The smallest absolute Gasteiger partial charge is 0.407 e. The lowest BCUT2D eigenvalue weighted by atomic mass is 9.92. The number of rotatable bonds is 4. The van der Waals surface area contributed by atoms with Gasteiger partial charge in [0.2, 0.25) is 0 Å². The van der Waals surface area contributed by atoms with Crippen LogP contribution in [0, 0.1) is 5.92 Å². The topological polar surface area (TPSA) is 66.8 Å². The summed E-state index contributed by atoms with van der Waals surface area (Å²) >= 11 is 0. The van der Waals surface area contributed by atoms with Crippen LogP contribution in [-0.4, -0.2) is 49.9 Å². The van der Waals surface area contributed by atoms with Gasteiger partial charge in [0.15, 0.2) is 8.32 Å². The Kier molecular flexibility index (Phi) is 5.37. The van der Waals surface area contributed by atoms with Crippen molar-refractivity contribution < 1.29 is 19.1 Å². The standard InChI is InChI=1S/C14H27NO4Si/c1-14(2,3)20(4,5)19-10-11-6-7-15(13(17)18)12(8-11)9-16/h9,11-12H,6-8,10H2,1-5H3,(H,17,18). The van der Waals surface area contributed by atoms with E-state index >= 15 is 0 Å². The maximum absolute atomic E-state index is 11.0. The number of nitrogens with zero attached hydrogens (tertiary/aromatic N) is 1. The molecule has 6 heteroatoms. The first-order valence-corrected chi connectivity index (χ1v) is 10.1. The average Bonchev–Trinajstić information content (AvgIpc) is 2.34. The fourth-order valence-corrected chi connectivity index (χ4v) is 3.22. The highest BCUT2D eigenvalue weighted by molar-refractivity contribution is 6.74. The van der Waals surface area contributed by atoms with Crippen molar-refractivity contribution in [3.63, 3.8) is 0 Å². The number of likely N-dealkylation sites (tertiary alicyclic amines) is 1. The minimum absolute atomic E-state index is 0.166. The highest BCUT2D eigenvalue weighted by Gasteiger charge is 2.38. The first kappa shape index (κ1) is 17.2. The molecule has 116 valence electrons. The summed E-state index contributed by atoms with van der Waals surface area (Å²) in [5.74, 6) is 0.273. The van der Waals surface area contributed by atoms with E-state index in [0.717, 1.165) is 12.7 Å². The minimum Gasteiger partial charge on any atom is -0.465 e. The van der Waals surface area contributed by atoms with Gasteiger partial charge in [-0.3, -0.25) is 4.90 Å². The van der Waals surface area contributed by atoms with Crippen molar-refractivity contribution in [2.24, 2.45) is 5.92 Å². The van der Waals surface area contributed by atoms with Gasteiger partial charge in [-0.05, 0) is 36.9 Å². The fourth-order valence-electron chi connectivity index (χ4n) is 2.13. The van der Waals surface area contributed by atoms with Gasteiger partial charge >= 0.3 is 6.09 Å². The zero-order valence-electron chi connectivity index (χ0n) is 13.2. The summed E-state index contributed by atoms with van der Waals surface area (Å²) in [6.45, 7) is 12.0. The van der Waals surface area contributed by atoms with Crippen molar-refractivity contribution >= 4 is 20.7 Å². The zero-order chi connectivity index (χ0) is 15.6. The van der Waals surface area contributed by atoms with Crippen LogP contribution in [0.15, 0.2) is 0 Å². The molecule has 0 aromatic carbocycles. The third kappa shape index (κ3) is 4.05. The molecule has 0 radical (unpaired) electrons. The Morgan fingerprint density at radius 3 is 2.50 bits per heavy atom. The van der Waals surface area contributed by atoms with Gasteiger partial charge in [-0.2, -0.15) is 0 Å². The first-order chi connectivity index (χ1) is 9.08. The second-order valence-electron chi connectivity index (χ2n) is 7.14. The van der Waals surface area contributed by atoms with Crippen molar-refractivity contribution in [2.45, 2.75) is 57.8 Å². The molecule has 0 bridgehead atoms. The van der Waals surface area contributed by atoms with Crippen LogP contribution in [0.4, 0.5) is 4.79 Å². The van der Waals surface area contributed by atoms with Gasteiger partial charge in [-0.15, -0.1) is 0 Å². The largest absolute Gasteiger partial charge is 0.465 e. The third-order valence-electron chi connectivity index (χ3n) is 4.64. The molecule has 2 atom stereocenters. The molecule has 1 amide bonds. The lowest BCUT2D eigenvalue weighted by Gasteiger charge is -2.39. The number of amides is 1. The Hall–Kier alpha value is -0.883. The average molecular weight is 301 g/mol. The van der Waals surface area contributed by atoms with Crippen LogP contribution < -0.4 is 0 Å². The van der Waals surface area contributed by atoms with Crippen molar-refractivity contribution in [2.75, 3.05) is 13.2 Å². The number of carbonyl (C=O) groups is 2. The molecule has 1 aliphatic rings. The van der Waals surface area contributed by atoms with E-state index in [2.05, 4.69) is 33.9 Å². The van der Waals surface area contributed by atoms with Crippen LogP contribution in [0.2, 0.25) is 18.1 Å². The monoisotopic (exact) mass is 301 g/mol. The summed E-state index contributed by atoms with van der Waals surface area (Å²) in [6, 6.07) is -0.519. The van der Waals surface area contributed by atoms with Crippen LogP contribution in [0.5, 0.6) is 0 Å². The van der Waals surface area contributed by atoms with Gasteiger partial charge in [0.25, 0.3) is 0 Å². The normalized spacial score (nSPS) is 24.6. The summed E-state index contributed by atoms with van der Waals surface area (Å²) in [5, 5.41) is 9.20. The van der Waals surface area contributed by atoms with Crippen LogP contribution in [0.1, 0.15) is 33.6 Å². The van der Waals surface area contributed by atoms with Gasteiger partial charge < -0.3 is 14.3 Å². The molecule has 20 heavy (non-hydrogen) atoms. The summed E-state index contributed by atoms with van der Waals surface area (Å²) in [4.78, 5) is 23.3. The van der Waals surface area contributed by atoms with E-state index in [-0.39, 0.29) is 11.0 Å². The highest BCUT2D eigenvalue weighted by atomic mass is 28.4. The Morgan fingerprint density at radius 1 is 1.45 bits per heavy atom. The molecule has 1 rings (SSSR count). The second kappa shape index (κ2) is 6.26. The maximum Gasteiger partial charge on any atom is 0.407 e. The quantitative estimate of drug-likeness (QED) is 0.640. The van der Waals surface area contributed by atoms with Crippen molar-refractivity contribution in [3.8, 4) is 0 Å². The molecule has 5 nitrogen and oxygen atoms in total. The van der Waals surface area contributed by atoms with Crippen molar-refractivity contribution in [1.82, 2.24) is 4.90 Å². The number of aldehydes is 1. The van der Waals surface area contributed by atoms with Crippen LogP contribution in [-0.2, 0) is 9.22 Å². The second-order valence-corrected chi connectivity index (χ2v) is 12.0. The molecule has 0 aromatic heterocycles. The molecule has 0 aliphatic carbocycles. The number of carbonyl (C=O) groups excluding carboxylic acids is 1. The number of piperidine rings is 1. The summed E-state index contributed by atoms with van der Waals surface area (Å²) in [5.41, 5.74) is 0. The first-order valence-electron chi connectivity index (χ1n) is 7.17. The Balaban J connectivity index is 2.56.